The fourth-order valence-corrected chi connectivity index (χ4v) is 1.46. The molecular weight excluding hydrogens is 178 g/mol. The van der Waals surface area contributed by atoms with Gasteiger partial charge < -0.3 is 15.4 Å². The van der Waals surface area contributed by atoms with Crippen molar-refractivity contribution in [3.63, 3.8) is 0 Å². The summed E-state index contributed by atoms with van der Waals surface area (Å²) in [5.74, 6) is 0. The first-order chi connectivity index (χ1) is 6.77. The van der Waals surface area contributed by atoms with Crippen molar-refractivity contribution in [2.75, 3.05) is 0 Å². The minimum absolute atomic E-state index is 0.542. The first-order valence-electron chi connectivity index (χ1n) is 4.61. The fourth-order valence-electron chi connectivity index (χ4n) is 1.46. The van der Waals surface area contributed by atoms with Crippen LogP contribution in [0.3, 0.4) is 0 Å². The highest BCUT2D eigenvalue weighted by atomic mass is 16.3. The van der Waals surface area contributed by atoms with Gasteiger partial charge in [0.1, 0.15) is 6.23 Å². The molecule has 2 aromatic rings. The van der Waals surface area contributed by atoms with Crippen LogP contribution in [0.5, 0.6) is 0 Å². The van der Waals surface area contributed by atoms with Crippen molar-refractivity contribution in [2.24, 2.45) is 5.73 Å². The lowest BCUT2D eigenvalue weighted by molar-refractivity contribution is 0.166. The largest absolute Gasteiger partial charge is 0.379 e. The van der Waals surface area contributed by atoms with E-state index in [4.69, 9.17) is 10.8 Å². The molecule has 1 atom stereocenters. The van der Waals surface area contributed by atoms with Gasteiger partial charge in [-0.15, -0.1) is 0 Å². The van der Waals surface area contributed by atoms with E-state index in [1.165, 1.54) is 0 Å². The molecule has 1 unspecified atom stereocenters. The van der Waals surface area contributed by atoms with Gasteiger partial charge in [-0.2, -0.15) is 0 Å². The minimum Gasteiger partial charge on any atom is -0.379 e. The summed E-state index contributed by atoms with van der Waals surface area (Å²) >= 11 is 0. The van der Waals surface area contributed by atoms with E-state index in [1.807, 2.05) is 28.8 Å². The third-order valence-corrected chi connectivity index (χ3v) is 2.19. The van der Waals surface area contributed by atoms with Crippen LogP contribution in [0.25, 0.3) is 11.0 Å². The van der Waals surface area contributed by atoms with E-state index in [9.17, 15) is 0 Å². The minimum atomic E-state index is -0.754. The lowest BCUT2D eigenvalue weighted by atomic mass is 10.3. The van der Waals surface area contributed by atoms with Gasteiger partial charge in [0.15, 0.2) is 0 Å². The molecule has 0 aliphatic carbocycles. The lowest BCUT2D eigenvalue weighted by Gasteiger charge is -2.05. The summed E-state index contributed by atoms with van der Waals surface area (Å²) in [6.45, 7) is 0.693. The number of aliphatic hydroxyl groups excluding tert-OH is 1. The smallest absolute Gasteiger partial charge is 0.104 e. The second-order valence-corrected chi connectivity index (χ2v) is 3.28. The zero-order valence-corrected chi connectivity index (χ0v) is 7.80. The van der Waals surface area contributed by atoms with Gasteiger partial charge in [0, 0.05) is 13.0 Å². The van der Waals surface area contributed by atoms with Gasteiger partial charge in [0.25, 0.3) is 0 Å². The summed E-state index contributed by atoms with van der Waals surface area (Å²) < 4.78 is 1.99. The van der Waals surface area contributed by atoms with E-state index >= 15 is 0 Å². The number of hydrogen-bond donors (Lipinski definition) is 2. The number of nitrogens with two attached hydrogens (primary N) is 1. The van der Waals surface area contributed by atoms with Crippen LogP contribution in [0.15, 0.2) is 30.6 Å². The maximum Gasteiger partial charge on any atom is 0.104 e. The molecule has 0 amide bonds. The van der Waals surface area contributed by atoms with Gasteiger partial charge in [-0.25, -0.2) is 4.98 Å². The predicted octanol–water partition coefficient (Wildman–Crippen LogP) is 0.703. The molecule has 74 valence electrons. The van der Waals surface area contributed by atoms with E-state index in [0.29, 0.717) is 13.0 Å². The lowest BCUT2D eigenvalue weighted by Crippen LogP contribution is -2.20. The highest BCUT2D eigenvalue weighted by Crippen LogP contribution is 2.11. The Bertz CT molecular complexity index is 422. The molecule has 4 nitrogen and oxygen atoms in total. The Labute approximate surface area is 82.0 Å². The van der Waals surface area contributed by atoms with E-state index in [-0.39, 0.29) is 0 Å². The Morgan fingerprint density at radius 2 is 2.21 bits per heavy atom. The molecule has 0 fully saturated rings. The first kappa shape index (κ1) is 9.18. The van der Waals surface area contributed by atoms with E-state index < -0.39 is 6.23 Å². The molecule has 0 spiro atoms. The summed E-state index contributed by atoms with van der Waals surface area (Å²) in [7, 11) is 0. The molecule has 1 aromatic carbocycles. The number of rotatable bonds is 3. The second-order valence-electron chi connectivity index (χ2n) is 3.28. The van der Waals surface area contributed by atoms with Crippen LogP contribution >= 0.6 is 0 Å². The SMILES string of the molecule is NC(O)CCn1cnc2ccccc21. The molecule has 0 saturated heterocycles. The van der Waals surface area contributed by atoms with Crippen molar-refractivity contribution in [1.82, 2.24) is 9.55 Å². The molecule has 14 heavy (non-hydrogen) atoms. The molecule has 4 heteroatoms. The molecule has 3 N–H and O–H groups in total. The quantitative estimate of drug-likeness (QED) is 0.702. The van der Waals surface area contributed by atoms with Crippen LogP contribution in [-0.4, -0.2) is 20.9 Å². The Morgan fingerprint density at radius 1 is 1.43 bits per heavy atom. The maximum absolute atomic E-state index is 8.97. The highest BCUT2D eigenvalue weighted by Gasteiger charge is 2.02. The van der Waals surface area contributed by atoms with E-state index in [1.54, 1.807) is 6.33 Å². The van der Waals surface area contributed by atoms with Crippen molar-refractivity contribution < 1.29 is 5.11 Å². The van der Waals surface area contributed by atoms with Crippen molar-refractivity contribution in [1.29, 1.82) is 0 Å². The van der Waals surface area contributed by atoms with Crippen LogP contribution in [0.4, 0.5) is 0 Å². The first-order valence-corrected chi connectivity index (χ1v) is 4.61. The molecule has 2 rings (SSSR count). The average Bonchev–Trinajstić information content (AvgIpc) is 2.58. The molecule has 1 heterocycles. The fraction of sp³-hybridized carbons (Fsp3) is 0.300. The van der Waals surface area contributed by atoms with Crippen molar-refractivity contribution in [3.8, 4) is 0 Å². The van der Waals surface area contributed by atoms with E-state index in [0.717, 1.165) is 11.0 Å². The summed E-state index contributed by atoms with van der Waals surface area (Å²) in [6.07, 6.45) is 1.56. The average molecular weight is 191 g/mol. The molecule has 0 aliphatic heterocycles. The van der Waals surface area contributed by atoms with Crippen molar-refractivity contribution >= 4 is 11.0 Å². The van der Waals surface area contributed by atoms with Gasteiger partial charge in [-0.3, -0.25) is 0 Å². The predicted molar refractivity (Wildman–Crippen MR) is 54.5 cm³/mol. The molecule has 0 aliphatic rings. The maximum atomic E-state index is 8.97. The summed E-state index contributed by atoms with van der Waals surface area (Å²) in [5, 5.41) is 8.97. The standard InChI is InChI=1S/C10H13N3O/c11-10(14)5-6-13-7-12-8-3-1-2-4-9(8)13/h1-4,7,10,14H,5-6,11H2. The third kappa shape index (κ3) is 1.76. The number of para-hydroxylation sites is 2. The summed E-state index contributed by atoms with van der Waals surface area (Å²) in [4.78, 5) is 4.24. The zero-order chi connectivity index (χ0) is 9.97. The van der Waals surface area contributed by atoms with Crippen molar-refractivity contribution in [3.05, 3.63) is 30.6 Å². The van der Waals surface area contributed by atoms with Crippen LogP contribution < -0.4 is 5.73 Å². The van der Waals surface area contributed by atoms with E-state index in [2.05, 4.69) is 4.98 Å². The van der Waals surface area contributed by atoms with Crippen LogP contribution in [-0.2, 0) is 6.54 Å². The number of imidazole rings is 1. The van der Waals surface area contributed by atoms with Gasteiger partial charge >= 0.3 is 0 Å². The van der Waals surface area contributed by atoms with Gasteiger partial charge in [-0.1, -0.05) is 12.1 Å². The Kier molecular flexibility index (Phi) is 2.47. The van der Waals surface area contributed by atoms with Gasteiger partial charge in [-0.05, 0) is 12.1 Å². The Morgan fingerprint density at radius 3 is 3.00 bits per heavy atom. The number of aryl methyl sites for hydroxylation is 1. The highest BCUT2D eigenvalue weighted by molar-refractivity contribution is 5.74. The topological polar surface area (TPSA) is 64.1 Å². The second kappa shape index (κ2) is 3.77. The van der Waals surface area contributed by atoms with Gasteiger partial charge in [0.05, 0.1) is 17.4 Å². The number of benzene rings is 1. The third-order valence-electron chi connectivity index (χ3n) is 2.19. The molecule has 0 bridgehead atoms. The number of hydrogen-bond acceptors (Lipinski definition) is 3. The monoisotopic (exact) mass is 191 g/mol. The molecule has 0 radical (unpaired) electrons. The molecular formula is C10H13N3O. The number of nitrogens with zero attached hydrogens (tertiary/aromatic N) is 2. The molecule has 0 saturated carbocycles. The number of aromatic nitrogens is 2. The number of aliphatic hydroxyl groups is 1. The summed E-state index contributed by atoms with van der Waals surface area (Å²) in [6, 6.07) is 7.90. The van der Waals surface area contributed by atoms with Crippen LogP contribution in [0.1, 0.15) is 6.42 Å². The zero-order valence-electron chi connectivity index (χ0n) is 7.80. The summed E-state index contributed by atoms with van der Waals surface area (Å²) in [5.41, 5.74) is 7.32. The Hall–Kier alpha value is -1.39. The molecule has 1 aromatic heterocycles. The Balaban J connectivity index is 2.25. The van der Waals surface area contributed by atoms with Gasteiger partial charge in [0.2, 0.25) is 0 Å². The normalized spacial score (nSPS) is 13.3. The van der Waals surface area contributed by atoms with Crippen molar-refractivity contribution in [2.45, 2.75) is 19.2 Å². The van der Waals surface area contributed by atoms with Crippen LogP contribution in [0.2, 0.25) is 0 Å². The number of fused-ring (bicyclic) bond motifs is 1. The van der Waals surface area contributed by atoms with Crippen LogP contribution in [0, 0.1) is 0 Å².